The van der Waals surface area contributed by atoms with Crippen molar-refractivity contribution in [1.29, 1.82) is 5.26 Å². The number of alkyl halides is 1. The standard InChI is InChI=1S/C8H15BrN2O/c1-7(4-10)5-11(2)6-8(12)3-9/h7-8,12H,3,5-6H2,1-2H3. The summed E-state index contributed by atoms with van der Waals surface area (Å²) in [4.78, 5) is 1.96. The van der Waals surface area contributed by atoms with E-state index < -0.39 is 0 Å². The summed E-state index contributed by atoms with van der Waals surface area (Å²) in [6, 6.07) is 2.15. The number of hydrogen-bond acceptors (Lipinski definition) is 3. The first-order valence-electron chi connectivity index (χ1n) is 3.92. The molecular formula is C8H15BrN2O. The van der Waals surface area contributed by atoms with Crippen LogP contribution in [0.4, 0.5) is 0 Å². The topological polar surface area (TPSA) is 47.3 Å². The summed E-state index contributed by atoms with van der Waals surface area (Å²) in [6.45, 7) is 3.19. The van der Waals surface area contributed by atoms with E-state index in [9.17, 15) is 5.11 Å². The Kier molecular flexibility index (Phi) is 6.35. The molecule has 0 saturated heterocycles. The molecule has 0 heterocycles. The van der Waals surface area contributed by atoms with Gasteiger partial charge in [-0.05, 0) is 14.0 Å². The van der Waals surface area contributed by atoms with Gasteiger partial charge in [-0.15, -0.1) is 0 Å². The Hall–Kier alpha value is -0.110. The average Bonchev–Trinajstić information content (AvgIpc) is 2.03. The van der Waals surface area contributed by atoms with Crippen LogP contribution in [0.2, 0.25) is 0 Å². The molecular weight excluding hydrogens is 220 g/mol. The van der Waals surface area contributed by atoms with Gasteiger partial charge in [0.15, 0.2) is 0 Å². The van der Waals surface area contributed by atoms with Crippen molar-refractivity contribution in [3.8, 4) is 6.07 Å². The first-order chi connectivity index (χ1) is 5.60. The second-order valence-corrected chi connectivity index (χ2v) is 3.71. The molecule has 0 bridgehead atoms. The van der Waals surface area contributed by atoms with Crippen molar-refractivity contribution in [2.75, 3.05) is 25.5 Å². The zero-order valence-electron chi connectivity index (χ0n) is 7.50. The predicted octanol–water partition coefficient (Wildman–Crippen LogP) is 0.834. The van der Waals surface area contributed by atoms with Crippen LogP contribution in [-0.2, 0) is 0 Å². The van der Waals surface area contributed by atoms with Crippen LogP contribution < -0.4 is 0 Å². The largest absolute Gasteiger partial charge is 0.391 e. The van der Waals surface area contributed by atoms with Crippen molar-refractivity contribution >= 4 is 15.9 Å². The van der Waals surface area contributed by atoms with Gasteiger partial charge in [0.05, 0.1) is 18.1 Å². The molecule has 2 unspecified atom stereocenters. The first-order valence-corrected chi connectivity index (χ1v) is 5.04. The van der Waals surface area contributed by atoms with Gasteiger partial charge in [0, 0.05) is 18.4 Å². The van der Waals surface area contributed by atoms with Gasteiger partial charge in [0.2, 0.25) is 0 Å². The SMILES string of the molecule is CC(C#N)CN(C)CC(O)CBr. The lowest BCUT2D eigenvalue weighted by Crippen LogP contribution is -2.32. The van der Waals surface area contributed by atoms with E-state index in [0.717, 1.165) is 0 Å². The molecule has 70 valence electrons. The predicted molar refractivity (Wildman–Crippen MR) is 52.1 cm³/mol. The summed E-state index contributed by atoms with van der Waals surface area (Å²) in [6.07, 6.45) is -0.346. The maximum atomic E-state index is 9.24. The molecule has 0 aromatic heterocycles. The van der Waals surface area contributed by atoms with E-state index in [1.54, 1.807) is 0 Å². The molecule has 0 aliphatic heterocycles. The quantitative estimate of drug-likeness (QED) is 0.718. The summed E-state index contributed by atoms with van der Waals surface area (Å²) in [5.41, 5.74) is 0. The molecule has 0 radical (unpaired) electrons. The summed E-state index contributed by atoms with van der Waals surface area (Å²) < 4.78 is 0. The van der Waals surface area contributed by atoms with Crippen molar-refractivity contribution in [2.24, 2.45) is 5.92 Å². The minimum atomic E-state index is -0.346. The van der Waals surface area contributed by atoms with Crippen molar-refractivity contribution < 1.29 is 5.11 Å². The van der Waals surface area contributed by atoms with Gasteiger partial charge in [0.1, 0.15) is 0 Å². The monoisotopic (exact) mass is 234 g/mol. The van der Waals surface area contributed by atoms with Gasteiger partial charge in [-0.2, -0.15) is 5.26 Å². The fourth-order valence-electron chi connectivity index (χ4n) is 0.991. The summed E-state index contributed by atoms with van der Waals surface area (Å²) in [5.74, 6) is 0.0255. The van der Waals surface area contributed by atoms with Crippen molar-refractivity contribution in [1.82, 2.24) is 4.90 Å². The molecule has 0 aliphatic carbocycles. The number of hydrogen-bond donors (Lipinski definition) is 1. The Balaban J connectivity index is 3.60. The second-order valence-electron chi connectivity index (χ2n) is 3.06. The lowest BCUT2D eigenvalue weighted by molar-refractivity contribution is 0.142. The third-order valence-corrected chi connectivity index (χ3v) is 2.25. The van der Waals surface area contributed by atoms with Crippen LogP contribution in [-0.4, -0.2) is 41.6 Å². The Labute approximate surface area is 82.1 Å². The second kappa shape index (κ2) is 6.41. The number of aliphatic hydroxyl groups excluding tert-OH is 1. The maximum Gasteiger partial charge on any atom is 0.0763 e. The molecule has 0 spiro atoms. The van der Waals surface area contributed by atoms with Gasteiger partial charge in [-0.25, -0.2) is 0 Å². The highest BCUT2D eigenvalue weighted by Crippen LogP contribution is 1.98. The fraction of sp³-hybridized carbons (Fsp3) is 0.875. The number of aliphatic hydroxyl groups is 1. The van der Waals surface area contributed by atoms with E-state index in [2.05, 4.69) is 22.0 Å². The number of rotatable bonds is 5. The van der Waals surface area contributed by atoms with E-state index in [0.29, 0.717) is 18.4 Å². The molecule has 4 heteroatoms. The van der Waals surface area contributed by atoms with Gasteiger partial charge < -0.3 is 10.0 Å². The highest BCUT2D eigenvalue weighted by atomic mass is 79.9. The Morgan fingerprint density at radius 2 is 2.17 bits per heavy atom. The van der Waals surface area contributed by atoms with Crippen LogP contribution in [0.25, 0.3) is 0 Å². The van der Waals surface area contributed by atoms with Gasteiger partial charge >= 0.3 is 0 Å². The minimum Gasteiger partial charge on any atom is -0.391 e. The molecule has 0 amide bonds. The molecule has 1 N–H and O–H groups in total. The Bertz CT molecular complexity index is 158. The zero-order chi connectivity index (χ0) is 9.56. The third kappa shape index (κ3) is 5.53. The van der Waals surface area contributed by atoms with Gasteiger partial charge in [-0.3, -0.25) is 0 Å². The first kappa shape index (κ1) is 11.9. The molecule has 0 aromatic rings. The third-order valence-electron chi connectivity index (χ3n) is 1.51. The van der Waals surface area contributed by atoms with Gasteiger partial charge in [-0.1, -0.05) is 15.9 Å². The van der Waals surface area contributed by atoms with Crippen LogP contribution in [0.5, 0.6) is 0 Å². The lowest BCUT2D eigenvalue weighted by atomic mass is 10.2. The highest BCUT2D eigenvalue weighted by Gasteiger charge is 2.09. The van der Waals surface area contributed by atoms with E-state index in [4.69, 9.17) is 5.26 Å². The number of nitrogens with zero attached hydrogens (tertiary/aromatic N) is 2. The van der Waals surface area contributed by atoms with Crippen LogP contribution in [0.1, 0.15) is 6.92 Å². The van der Waals surface area contributed by atoms with E-state index in [1.165, 1.54) is 0 Å². The lowest BCUT2D eigenvalue weighted by Gasteiger charge is -2.19. The van der Waals surface area contributed by atoms with E-state index in [1.807, 2.05) is 18.9 Å². The average molecular weight is 235 g/mol. The molecule has 0 fully saturated rings. The number of likely N-dealkylation sites (N-methyl/N-ethyl adjacent to an activating group) is 1. The van der Waals surface area contributed by atoms with Crippen LogP contribution >= 0.6 is 15.9 Å². The number of nitriles is 1. The molecule has 0 aliphatic rings. The molecule has 2 atom stereocenters. The summed E-state index contributed by atoms with van der Waals surface area (Å²) >= 11 is 3.18. The molecule has 0 rings (SSSR count). The van der Waals surface area contributed by atoms with E-state index >= 15 is 0 Å². The molecule has 3 nitrogen and oxygen atoms in total. The van der Waals surface area contributed by atoms with E-state index in [-0.39, 0.29) is 12.0 Å². The van der Waals surface area contributed by atoms with Gasteiger partial charge in [0.25, 0.3) is 0 Å². The zero-order valence-corrected chi connectivity index (χ0v) is 9.08. The Morgan fingerprint density at radius 1 is 1.58 bits per heavy atom. The maximum absolute atomic E-state index is 9.24. The molecule has 12 heavy (non-hydrogen) atoms. The smallest absolute Gasteiger partial charge is 0.0763 e. The summed E-state index contributed by atoms with van der Waals surface area (Å²) in [5, 5.41) is 18.4. The van der Waals surface area contributed by atoms with Crippen LogP contribution in [0.15, 0.2) is 0 Å². The minimum absolute atomic E-state index is 0.0255. The van der Waals surface area contributed by atoms with Crippen molar-refractivity contribution in [3.63, 3.8) is 0 Å². The Morgan fingerprint density at radius 3 is 2.58 bits per heavy atom. The molecule has 0 saturated carbocycles. The fourth-order valence-corrected chi connectivity index (χ4v) is 1.20. The van der Waals surface area contributed by atoms with Crippen molar-refractivity contribution in [2.45, 2.75) is 13.0 Å². The van der Waals surface area contributed by atoms with Crippen LogP contribution in [0.3, 0.4) is 0 Å². The number of halogens is 1. The normalized spacial score (nSPS) is 15.7. The van der Waals surface area contributed by atoms with Crippen LogP contribution in [0, 0.1) is 17.2 Å². The molecule has 0 aromatic carbocycles. The summed E-state index contributed by atoms with van der Waals surface area (Å²) in [7, 11) is 1.90. The van der Waals surface area contributed by atoms with Crippen molar-refractivity contribution in [3.05, 3.63) is 0 Å². The highest BCUT2D eigenvalue weighted by molar-refractivity contribution is 9.09.